The molecule has 2 aromatic carbocycles. The van der Waals surface area contributed by atoms with E-state index in [0.717, 1.165) is 10.8 Å². The van der Waals surface area contributed by atoms with E-state index in [1.807, 2.05) is 29.2 Å². The van der Waals surface area contributed by atoms with Gasteiger partial charge in [-0.2, -0.15) is 0 Å². The summed E-state index contributed by atoms with van der Waals surface area (Å²) >= 11 is 0. The molecule has 1 heterocycles. The van der Waals surface area contributed by atoms with Crippen molar-refractivity contribution in [2.24, 2.45) is 0 Å². The van der Waals surface area contributed by atoms with Gasteiger partial charge < -0.3 is 10.2 Å². The standard InChI is InChI=1S/C19H22N2O4/c22-12-10-20(11-13-23)8-3-9-21-18(24)15-6-1-4-14-5-2-7-16(17(14)15)19(21)25/h1-2,4-7,22-23H,3,8-13H2. The van der Waals surface area contributed by atoms with E-state index in [4.69, 9.17) is 10.2 Å². The number of benzene rings is 2. The molecule has 0 saturated heterocycles. The van der Waals surface area contributed by atoms with Gasteiger partial charge >= 0.3 is 0 Å². The highest BCUT2D eigenvalue weighted by Gasteiger charge is 2.32. The maximum atomic E-state index is 12.8. The molecule has 132 valence electrons. The average molecular weight is 342 g/mol. The highest BCUT2D eigenvalue weighted by Crippen LogP contribution is 2.29. The minimum atomic E-state index is -0.259. The zero-order chi connectivity index (χ0) is 17.8. The molecule has 0 unspecified atom stereocenters. The molecule has 6 nitrogen and oxygen atoms in total. The van der Waals surface area contributed by atoms with Crippen molar-refractivity contribution in [1.29, 1.82) is 0 Å². The molecule has 0 radical (unpaired) electrons. The van der Waals surface area contributed by atoms with Gasteiger partial charge in [-0.15, -0.1) is 0 Å². The molecule has 0 fully saturated rings. The second-order valence-corrected chi connectivity index (χ2v) is 6.11. The fraction of sp³-hybridized carbons (Fsp3) is 0.368. The van der Waals surface area contributed by atoms with E-state index in [2.05, 4.69) is 0 Å². The number of amides is 2. The summed E-state index contributed by atoms with van der Waals surface area (Å²) in [6.45, 7) is 1.86. The predicted molar refractivity (Wildman–Crippen MR) is 94.5 cm³/mol. The van der Waals surface area contributed by atoms with Crippen molar-refractivity contribution >= 4 is 22.6 Å². The molecule has 0 atom stereocenters. The lowest BCUT2D eigenvalue weighted by atomic mass is 9.94. The minimum Gasteiger partial charge on any atom is -0.395 e. The number of imide groups is 1. The Hall–Kier alpha value is -2.28. The number of aliphatic hydroxyl groups is 2. The molecule has 1 aliphatic heterocycles. The second kappa shape index (κ2) is 7.74. The third-order valence-electron chi connectivity index (χ3n) is 4.54. The minimum absolute atomic E-state index is 0.0109. The van der Waals surface area contributed by atoms with Crippen molar-refractivity contribution in [3.63, 3.8) is 0 Å². The van der Waals surface area contributed by atoms with Gasteiger partial charge in [0, 0.05) is 42.7 Å². The lowest BCUT2D eigenvalue weighted by Gasteiger charge is -2.28. The zero-order valence-corrected chi connectivity index (χ0v) is 14.0. The lowest BCUT2D eigenvalue weighted by molar-refractivity contribution is 0.0600. The molecule has 0 aliphatic carbocycles. The Balaban J connectivity index is 1.76. The Kier molecular flexibility index (Phi) is 5.43. The van der Waals surface area contributed by atoms with Crippen molar-refractivity contribution in [1.82, 2.24) is 9.80 Å². The highest BCUT2D eigenvalue weighted by molar-refractivity contribution is 6.25. The Labute approximate surface area is 146 Å². The van der Waals surface area contributed by atoms with Crippen LogP contribution in [0.1, 0.15) is 27.1 Å². The summed E-state index contributed by atoms with van der Waals surface area (Å²) in [5.41, 5.74) is 1.13. The van der Waals surface area contributed by atoms with Crippen LogP contribution >= 0.6 is 0 Å². The van der Waals surface area contributed by atoms with Crippen molar-refractivity contribution in [2.45, 2.75) is 6.42 Å². The quantitative estimate of drug-likeness (QED) is 0.703. The van der Waals surface area contributed by atoms with Crippen LogP contribution in [0.25, 0.3) is 10.8 Å². The first-order valence-corrected chi connectivity index (χ1v) is 8.49. The third-order valence-corrected chi connectivity index (χ3v) is 4.54. The summed E-state index contributed by atoms with van der Waals surface area (Å²) in [5.74, 6) is -0.518. The monoisotopic (exact) mass is 342 g/mol. The zero-order valence-electron chi connectivity index (χ0n) is 14.0. The smallest absolute Gasteiger partial charge is 0.261 e. The van der Waals surface area contributed by atoms with Crippen LogP contribution in [0.2, 0.25) is 0 Å². The fourth-order valence-corrected chi connectivity index (χ4v) is 3.35. The Morgan fingerprint density at radius 2 is 1.40 bits per heavy atom. The van der Waals surface area contributed by atoms with E-state index in [9.17, 15) is 9.59 Å². The number of aliphatic hydroxyl groups excluding tert-OH is 2. The molecule has 2 aromatic rings. The topological polar surface area (TPSA) is 81.1 Å². The summed E-state index contributed by atoms with van der Waals surface area (Å²) in [6, 6.07) is 11.0. The van der Waals surface area contributed by atoms with Gasteiger partial charge in [-0.05, 0) is 23.9 Å². The van der Waals surface area contributed by atoms with E-state index in [-0.39, 0.29) is 25.0 Å². The molecule has 1 aliphatic rings. The maximum Gasteiger partial charge on any atom is 0.261 e. The molecular weight excluding hydrogens is 320 g/mol. The number of hydrogen-bond donors (Lipinski definition) is 2. The van der Waals surface area contributed by atoms with Gasteiger partial charge in [0.05, 0.1) is 13.2 Å². The molecule has 0 saturated carbocycles. The van der Waals surface area contributed by atoms with Crippen molar-refractivity contribution < 1.29 is 19.8 Å². The summed E-state index contributed by atoms with van der Waals surface area (Å²) in [6.07, 6.45) is 0.593. The first kappa shape index (κ1) is 17.5. The van der Waals surface area contributed by atoms with Crippen LogP contribution in [0.3, 0.4) is 0 Å². The van der Waals surface area contributed by atoms with E-state index in [1.54, 1.807) is 12.1 Å². The van der Waals surface area contributed by atoms with Crippen LogP contribution in [0.5, 0.6) is 0 Å². The summed E-state index contributed by atoms with van der Waals surface area (Å²) in [4.78, 5) is 28.7. The molecule has 25 heavy (non-hydrogen) atoms. The van der Waals surface area contributed by atoms with Crippen LogP contribution < -0.4 is 0 Å². The van der Waals surface area contributed by atoms with E-state index < -0.39 is 0 Å². The SMILES string of the molecule is O=C1c2cccc3cccc(c23)C(=O)N1CCCN(CCO)CCO. The number of hydrogen-bond acceptors (Lipinski definition) is 5. The van der Waals surface area contributed by atoms with Gasteiger partial charge in [0.1, 0.15) is 0 Å². The third kappa shape index (κ3) is 3.42. The number of carbonyl (C=O) groups is 2. The molecule has 0 bridgehead atoms. The van der Waals surface area contributed by atoms with Gasteiger partial charge in [-0.3, -0.25) is 19.4 Å². The lowest BCUT2D eigenvalue weighted by Crippen LogP contribution is -2.42. The van der Waals surface area contributed by atoms with Crippen LogP contribution in [-0.4, -0.2) is 71.2 Å². The number of rotatable bonds is 8. The average Bonchev–Trinajstić information content (AvgIpc) is 2.62. The van der Waals surface area contributed by atoms with Crippen LogP contribution in [-0.2, 0) is 0 Å². The normalized spacial score (nSPS) is 14.0. The Bertz CT molecular complexity index is 733. The van der Waals surface area contributed by atoms with Crippen molar-refractivity contribution in [3.8, 4) is 0 Å². The van der Waals surface area contributed by atoms with Gasteiger partial charge in [0.25, 0.3) is 11.8 Å². The maximum absolute atomic E-state index is 12.8. The van der Waals surface area contributed by atoms with Crippen molar-refractivity contribution in [3.05, 3.63) is 47.5 Å². The van der Waals surface area contributed by atoms with Gasteiger partial charge in [-0.1, -0.05) is 24.3 Å². The fourth-order valence-electron chi connectivity index (χ4n) is 3.35. The Morgan fingerprint density at radius 3 is 1.92 bits per heavy atom. The molecule has 3 rings (SSSR count). The summed E-state index contributed by atoms with van der Waals surface area (Å²) in [7, 11) is 0. The van der Waals surface area contributed by atoms with Crippen LogP contribution in [0.4, 0.5) is 0 Å². The molecule has 6 heteroatoms. The number of carbonyl (C=O) groups excluding carboxylic acids is 2. The summed E-state index contributed by atoms with van der Waals surface area (Å²) < 4.78 is 0. The van der Waals surface area contributed by atoms with E-state index in [1.165, 1.54) is 4.90 Å². The predicted octanol–water partition coefficient (Wildman–Crippen LogP) is 1.11. The van der Waals surface area contributed by atoms with E-state index >= 15 is 0 Å². The second-order valence-electron chi connectivity index (χ2n) is 6.11. The summed E-state index contributed by atoms with van der Waals surface area (Å²) in [5, 5.41) is 19.7. The highest BCUT2D eigenvalue weighted by atomic mass is 16.3. The molecule has 2 N–H and O–H groups in total. The molecule has 0 spiro atoms. The van der Waals surface area contributed by atoms with Gasteiger partial charge in [-0.25, -0.2) is 0 Å². The van der Waals surface area contributed by atoms with Gasteiger partial charge in [0.2, 0.25) is 0 Å². The molecular formula is C19H22N2O4. The van der Waals surface area contributed by atoms with Crippen LogP contribution in [0.15, 0.2) is 36.4 Å². The van der Waals surface area contributed by atoms with Crippen molar-refractivity contribution in [2.75, 3.05) is 39.4 Å². The largest absolute Gasteiger partial charge is 0.395 e. The van der Waals surface area contributed by atoms with Crippen LogP contribution in [0, 0.1) is 0 Å². The van der Waals surface area contributed by atoms with Gasteiger partial charge in [0.15, 0.2) is 0 Å². The molecule has 0 aromatic heterocycles. The Morgan fingerprint density at radius 1 is 0.840 bits per heavy atom. The first-order valence-electron chi connectivity index (χ1n) is 8.49. The number of nitrogens with zero attached hydrogens (tertiary/aromatic N) is 2. The van der Waals surface area contributed by atoms with E-state index in [0.29, 0.717) is 43.7 Å². The molecule has 2 amide bonds. The first-order chi connectivity index (χ1) is 12.2.